The van der Waals surface area contributed by atoms with Gasteiger partial charge in [-0.15, -0.1) is 0 Å². The number of unbranched alkanes of at least 4 members (excludes halogenated alkanes) is 1. The van der Waals surface area contributed by atoms with E-state index in [2.05, 4.69) is 12.2 Å². The minimum Gasteiger partial charge on any atom is -0.484 e. The summed E-state index contributed by atoms with van der Waals surface area (Å²) in [6, 6.07) is 12.5. The van der Waals surface area contributed by atoms with Crippen LogP contribution in [-0.4, -0.2) is 35.9 Å². The van der Waals surface area contributed by atoms with E-state index >= 15 is 0 Å². The van der Waals surface area contributed by atoms with Gasteiger partial charge in [-0.05, 0) is 61.6 Å². The van der Waals surface area contributed by atoms with Gasteiger partial charge in [0.05, 0.1) is 0 Å². The second-order valence-corrected chi connectivity index (χ2v) is 8.12. The molecule has 0 aliphatic heterocycles. The van der Waals surface area contributed by atoms with Crippen LogP contribution in [-0.2, 0) is 16.1 Å². The normalized spacial score (nSPS) is 11.6. The topological polar surface area (TPSA) is 58.6 Å². The molecule has 168 valence electrons. The lowest BCUT2D eigenvalue weighted by molar-refractivity contribution is -0.143. The fraction of sp³-hybridized carbons (Fsp3) is 0.440. The van der Waals surface area contributed by atoms with E-state index in [1.807, 2.05) is 57.2 Å². The Hall–Kier alpha value is -2.53. The lowest BCUT2D eigenvalue weighted by Crippen LogP contribution is -2.50. The Morgan fingerprint density at radius 2 is 1.84 bits per heavy atom. The lowest BCUT2D eigenvalue weighted by atomic mass is 10.1. The van der Waals surface area contributed by atoms with Crippen LogP contribution in [0.4, 0.5) is 0 Å². The second-order valence-electron chi connectivity index (χ2n) is 7.72. The number of nitrogens with one attached hydrogen (secondary N) is 1. The van der Waals surface area contributed by atoms with Crippen molar-refractivity contribution in [2.75, 3.05) is 13.2 Å². The van der Waals surface area contributed by atoms with Crippen LogP contribution in [0.2, 0.25) is 5.02 Å². The Kier molecular flexibility index (Phi) is 9.86. The average molecular weight is 445 g/mol. The summed E-state index contributed by atoms with van der Waals surface area (Å²) in [5, 5.41) is 3.52. The van der Waals surface area contributed by atoms with Gasteiger partial charge in [-0.2, -0.15) is 0 Å². The van der Waals surface area contributed by atoms with Crippen LogP contribution in [0, 0.1) is 13.8 Å². The monoisotopic (exact) mass is 444 g/mol. The van der Waals surface area contributed by atoms with Crippen molar-refractivity contribution in [1.82, 2.24) is 10.2 Å². The first-order chi connectivity index (χ1) is 14.9. The van der Waals surface area contributed by atoms with Crippen molar-refractivity contribution in [3.63, 3.8) is 0 Å². The molecule has 0 aromatic heterocycles. The molecule has 0 fully saturated rings. The first kappa shape index (κ1) is 24.7. The maximum absolute atomic E-state index is 13.2. The first-order valence-electron chi connectivity index (χ1n) is 10.9. The molecule has 0 aliphatic rings. The number of ether oxygens (including phenoxy) is 1. The molecule has 0 saturated heterocycles. The van der Waals surface area contributed by atoms with Crippen LogP contribution < -0.4 is 10.1 Å². The molecule has 2 rings (SSSR count). The van der Waals surface area contributed by atoms with Gasteiger partial charge in [0, 0.05) is 18.1 Å². The molecule has 1 N–H and O–H groups in total. The van der Waals surface area contributed by atoms with Crippen molar-refractivity contribution >= 4 is 23.4 Å². The van der Waals surface area contributed by atoms with Crippen LogP contribution in [0.1, 0.15) is 49.8 Å². The molecular weight excluding hydrogens is 412 g/mol. The van der Waals surface area contributed by atoms with Crippen LogP contribution in [0.25, 0.3) is 0 Å². The molecule has 0 aliphatic carbocycles. The SMILES string of the molecule is CCCCNC(=O)[C@H](CC)N(Cc1ccccc1Cl)C(=O)COc1ccc(C)c(C)c1. The molecule has 5 nitrogen and oxygen atoms in total. The molecule has 0 radical (unpaired) electrons. The van der Waals surface area contributed by atoms with Gasteiger partial charge in [0.25, 0.3) is 5.91 Å². The standard InChI is InChI=1S/C25H33ClN2O3/c1-5-7-14-27-25(30)23(6-2)28(16-20-10-8-9-11-22(20)26)24(29)17-31-21-13-12-18(3)19(4)15-21/h8-13,15,23H,5-7,14,16-17H2,1-4H3,(H,27,30)/t23-/m0/s1. The zero-order valence-electron chi connectivity index (χ0n) is 18.9. The highest BCUT2D eigenvalue weighted by Gasteiger charge is 2.29. The molecule has 6 heteroatoms. The number of carbonyl (C=O) groups excluding carboxylic acids is 2. The zero-order chi connectivity index (χ0) is 22.8. The fourth-order valence-corrected chi connectivity index (χ4v) is 3.46. The highest BCUT2D eigenvalue weighted by Crippen LogP contribution is 2.21. The predicted octanol–water partition coefficient (Wildman–Crippen LogP) is 5.06. The lowest BCUT2D eigenvalue weighted by Gasteiger charge is -2.31. The molecule has 0 saturated carbocycles. The number of hydrogen-bond acceptors (Lipinski definition) is 3. The van der Waals surface area contributed by atoms with Gasteiger partial charge >= 0.3 is 0 Å². The van der Waals surface area contributed by atoms with Gasteiger partial charge in [-0.1, -0.05) is 56.1 Å². The molecule has 2 aromatic carbocycles. The third-order valence-electron chi connectivity index (χ3n) is 5.35. The number of carbonyl (C=O) groups is 2. The Morgan fingerprint density at radius 3 is 2.48 bits per heavy atom. The number of benzene rings is 2. The minimum absolute atomic E-state index is 0.147. The molecule has 0 bridgehead atoms. The van der Waals surface area contributed by atoms with Crippen molar-refractivity contribution in [1.29, 1.82) is 0 Å². The van der Waals surface area contributed by atoms with E-state index in [1.54, 1.807) is 11.0 Å². The van der Waals surface area contributed by atoms with E-state index in [0.29, 0.717) is 23.7 Å². The van der Waals surface area contributed by atoms with Gasteiger partial charge in [-0.25, -0.2) is 0 Å². The molecule has 1 atom stereocenters. The largest absolute Gasteiger partial charge is 0.484 e. The van der Waals surface area contributed by atoms with Crippen molar-refractivity contribution in [3.8, 4) is 5.75 Å². The van der Waals surface area contributed by atoms with Gasteiger partial charge in [0.15, 0.2) is 6.61 Å². The molecule has 2 aromatic rings. The summed E-state index contributed by atoms with van der Waals surface area (Å²) >= 11 is 6.34. The Labute approximate surface area is 190 Å². The third-order valence-corrected chi connectivity index (χ3v) is 5.72. The Morgan fingerprint density at radius 1 is 1.10 bits per heavy atom. The third kappa shape index (κ3) is 7.28. The maximum Gasteiger partial charge on any atom is 0.261 e. The van der Waals surface area contributed by atoms with E-state index in [4.69, 9.17) is 16.3 Å². The molecule has 31 heavy (non-hydrogen) atoms. The van der Waals surface area contributed by atoms with Crippen LogP contribution >= 0.6 is 11.6 Å². The quantitative estimate of drug-likeness (QED) is 0.493. The van der Waals surface area contributed by atoms with Crippen molar-refractivity contribution in [2.45, 2.75) is 59.5 Å². The summed E-state index contributed by atoms with van der Waals surface area (Å²) in [7, 11) is 0. The van der Waals surface area contributed by atoms with E-state index < -0.39 is 6.04 Å². The summed E-state index contributed by atoms with van der Waals surface area (Å²) in [5.74, 6) is 0.229. The second kappa shape index (κ2) is 12.4. The first-order valence-corrected chi connectivity index (χ1v) is 11.3. The summed E-state index contributed by atoms with van der Waals surface area (Å²) in [4.78, 5) is 27.6. The Balaban J connectivity index is 2.20. The van der Waals surface area contributed by atoms with Crippen molar-refractivity contribution in [3.05, 3.63) is 64.2 Å². The average Bonchev–Trinajstić information content (AvgIpc) is 2.75. The van der Waals surface area contributed by atoms with E-state index in [1.165, 1.54) is 0 Å². The van der Waals surface area contributed by atoms with Crippen molar-refractivity contribution in [2.24, 2.45) is 0 Å². The highest BCUT2D eigenvalue weighted by molar-refractivity contribution is 6.31. The maximum atomic E-state index is 13.2. The van der Waals surface area contributed by atoms with E-state index in [-0.39, 0.29) is 25.0 Å². The van der Waals surface area contributed by atoms with E-state index in [9.17, 15) is 9.59 Å². The molecule has 0 spiro atoms. The molecule has 2 amide bonds. The predicted molar refractivity (Wildman–Crippen MR) is 125 cm³/mol. The molecule has 0 unspecified atom stereocenters. The zero-order valence-corrected chi connectivity index (χ0v) is 19.7. The highest BCUT2D eigenvalue weighted by atomic mass is 35.5. The molecule has 0 heterocycles. The summed E-state index contributed by atoms with van der Waals surface area (Å²) in [6.07, 6.45) is 2.39. The summed E-state index contributed by atoms with van der Waals surface area (Å²) in [5.41, 5.74) is 3.05. The van der Waals surface area contributed by atoms with Gasteiger partial charge in [0.2, 0.25) is 5.91 Å². The van der Waals surface area contributed by atoms with Crippen LogP contribution in [0.3, 0.4) is 0 Å². The number of amides is 2. The van der Waals surface area contributed by atoms with Gasteiger partial charge in [-0.3, -0.25) is 9.59 Å². The van der Waals surface area contributed by atoms with Crippen LogP contribution in [0.15, 0.2) is 42.5 Å². The van der Waals surface area contributed by atoms with E-state index in [0.717, 1.165) is 29.5 Å². The van der Waals surface area contributed by atoms with Crippen LogP contribution in [0.5, 0.6) is 5.75 Å². The molecular formula is C25H33ClN2O3. The van der Waals surface area contributed by atoms with Gasteiger partial charge < -0.3 is 15.0 Å². The summed E-state index contributed by atoms with van der Waals surface area (Å²) < 4.78 is 5.77. The number of rotatable bonds is 11. The smallest absolute Gasteiger partial charge is 0.261 e. The van der Waals surface area contributed by atoms with Crippen molar-refractivity contribution < 1.29 is 14.3 Å². The fourth-order valence-electron chi connectivity index (χ4n) is 3.27. The number of aryl methyl sites for hydroxylation is 2. The summed E-state index contributed by atoms with van der Waals surface area (Å²) in [6.45, 7) is 8.70. The number of hydrogen-bond donors (Lipinski definition) is 1. The Bertz CT molecular complexity index is 885. The number of nitrogens with zero attached hydrogens (tertiary/aromatic N) is 1. The van der Waals surface area contributed by atoms with Gasteiger partial charge in [0.1, 0.15) is 11.8 Å². The minimum atomic E-state index is -0.594. The number of halogens is 1.